The predicted molar refractivity (Wildman–Crippen MR) is 73.7 cm³/mol. The lowest BCUT2D eigenvalue weighted by Crippen LogP contribution is -2.37. The minimum absolute atomic E-state index is 0.0862. The lowest BCUT2D eigenvalue weighted by Gasteiger charge is -2.22. The van der Waals surface area contributed by atoms with Gasteiger partial charge >= 0.3 is 0 Å². The van der Waals surface area contributed by atoms with Gasteiger partial charge in [-0.25, -0.2) is 8.42 Å². The topological polar surface area (TPSA) is 80.4 Å². The van der Waals surface area contributed by atoms with Crippen molar-refractivity contribution >= 4 is 33.0 Å². The van der Waals surface area contributed by atoms with Crippen LogP contribution >= 0.6 is 23.2 Å². The van der Waals surface area contributed by atoms with Crippen molar-refractivity contribution in [2.75, 3.05) is 12.4 Å². The molecule has 2 atom stereocenters. The number of halogens is 2. The van der Waals surface area contributed by atoms with Crippen LogP contribution in [0.15, 0.2) is 18.2 Å². The summed E-state index contributed by atoms with van der Waals surface area (Å²) in [5.74, 6) is -0.0862. The maximum Gasteiger partial charge on any atom is 0.157 e. The third-order valence-corrected chi connectivity index (χ3v) is 5.50. The van der Waals surface area contributed by atoms with Gasteiger partial charge in [-0.05, 0) is 17.7 Å². The summed E-state index contributed by atoms with van der Waals surface area (Å²) in [5.41, 5.74) is 6.35. The van der Waals surface area contributed by atoms with Gasteiger partial charge in [0.1, 0.15) is 5.25 Å². The fourth-order valence-corrected chi connectivity index (χ4v) is 3.42. The van der Waals surface area contributed by atoms with Crippen molar-refractivity contribution in [1.82, 2.24) is 0 Å². The maximum atomic E-state index is 11.8. The van der Waals surface area contributed by atoms with Crippen LogP contribution in [-0.2, 0) is 9.84 Å². The van der Waals surface area contributed by atoms with Gasteiger partial charge in [0.2, 0.25) is 0 Å². The normalized spacial score (nSPS) is 15.4. The molecule has 0 fully saturated rings. The quantitative estimate of drug-likeness (QED) is 0.868. The molecule has 1 aromatic rings. The number of benzene rings is 1. The maximum absolute atomic E-state index is 11.8. The number of rotatable bonds is 5. The van der Waals surface area contributed by atoms with E-state index in [4.69, 9.17) is 28.9 Å². The molecule has 0 aromatic heterocycles. The van der Waals surface area contributed by atoms with E-state index in [0.29, 0.717) is 15.6 Å². The highest BCUT2D eigenvalue weighted by atomic mass is 35.5. The first kappa shape index (κ1) is 15.7. The largest absolute Gasteiger partial charge is 0.395 e. The molecule has 2 unspecified atom stereocenters. The molecule has 4 nitrogen and oxygen atoms in total. The average molecular weight is 312 g/mol. The summed E-state index contributed by atoms with van der Waals surface area (Å²) < 4.78 is 23.6. The Hall–Kier alpha value is -0.330. The fourth-order valence-electron chi connectivity index (χ4n) is 1.64. The minimum Gasteiger partial charge on any atom is -0.395 e. The van der Waals surface area contributed by atoms with Crippen LogP contribution in [-0.4, -0.2) is 31.1 Å². The zero-order chi connectivity index (χ0) is 13.9. The van der Waals surface area contributed by atoms with Gasteiger partial charge in [-0.15, -0.1) is 0 Å². The zero-order valence-corrected chi connectivity index (χ0v) is 12.1. The molecule has 0 aliphatic rings. The van der Waals surface area contributed by atoms with Crippen LogP contribution in [0.1, 0.15) is 18.5 Å². The van der Waals surface area contributed by atoms with Crippen LogP contribution in [0.25, 0.3) is 0 Å². The number of hydrogen-bond donors (Lipinski definition) is 2. The standard InChI is InChI=1S/C11H15Cl2NO3S/c1-2-18(16,17)10(6-15)11(14)8-4-3-7(12)5-9(8)13/h3-5,10-11,15H,2,6,14H2,1H3. The summed E-state index contributed by atoms with van der Waals surface area (Å²) in [6, 6.07) is 3.76. The van der Waals surface area contributed by atoms with E-state index in [1.165, 1.54) is 13.0 Å². The smallest absolute Gasteiger partial charge is 0.157 e. The van der Waals surface area contributed by atoms with Crippen LogP contribution in [0.5, 0.6) is 0 Å². The lowest BCUT2D eigenvalue weighted by molar-refractivity contribution is 0.277. The first-order valence-electron chi connectivity index (χ1n) is 5.36. The molecule has 0 saturated heterocycles. The Kier molecular flexibility index (Phi) is 5.43. The molecule has 0 aliphatic heterocycles. The van der Waals surface area contributed by atoms with Gasteiger partial charge in [0, 0.05) is 15.8 Å². The van der Waals surface area contributed by atoms with E-state index in [-0.39, 0.29) is 5.75 Å². The molecule has 7 heteroatoms. The van der Waals surface area contributed by atoms with Gasteiger partial charge in [-0.2, -0.15) is 0 Å². The van der Waals surface area contributed by atoms with Gasteiger partial charge < -0.3 is 10.8 Å². The molecule has 0 saturated carbocycles. The van der Waals surface area contributed by atoms with Crippen LogP contribution in [0.2, 0.25) is 10.0 Å². The summed E-state index contributed by atoms with van der Waals surface area (Å²) in [4.78, 5) is 0. The van der Waals surface area contributed by atoms with Crippen LogP contribution in [0.3, 0.4) is 0 Å². The van der Waals surface area contributed by atoms with Crippen molar-refractivity contribution in [2.45, 2.75) is 18.2 Å². The number of aliphatic hydroxyl groups excluding tert-OH is 1. The predicted octanol–water partition coefficient (Wildman–Crippen LogP) is 1.79. The molecule has 102 valence electrons. The molecular formula is C11H15Cl2NO3S. The molecule has 0 heterocycles. The van der Waals surface area contributed by atoms with Crippen LogP contribution in [0, 0.1) is 0 Å². The van der Waals surface area contributed by atoms with Gasteiger partial charge in [0.05, 0.1) is 12.6 Å². The Morgan fingerprint density at radius 2 is 2.00 bits per heavy atom. The van der Waals surface area contributed by atoms with Gasteiger partial charge in [-0.3, -0.25) is 0 Å². The van der Waals surface area contributed by atoms with E-state index in [2.05, 4.69) is 0 Å². The van der Waals surface area contributed by atoms with Gasteiger partial charge in [0.25, 0.3) is 0 Å². The second-order valence-electron chi connectivity index (χ2n) is 3.86. The second kappa shape index (κ2) is 6.21. The third kappa shape index (κ3) is 3.36. The molecule has 0 radical (unpaired) electrons. The minimum atomic E-state index is -3.45. The highest BCUT2D eigenvalue weighted by Crippen LogP contribution is 2.29. The first-order valence-corrected chi connectivity index (χ1v) is 7.83. The molecule has 0 amide bonds. The van der Waals surface area contributed by atoms with E-state index in [1.807, 2.05) is 0 Å². The van der Waals surface area contributed by atoms with Crippen molar-refractivity contribution in [3.63, 3.8) is 0 Å². The summed E-state index contributed by atoms with van der Waals surface area (Å²) >= 11 is 11.7. The van der Waals surface area contributed by atoms with E-state index in [1.54, 1.807) is 12.1 Å². The van der Waals surface area contributed by atoms with E-state index < -0.39 is 27.7 Å². The number of hydrogen-bond acceptors (Lipinski definition) is 4. The van der Waals surface area contributed by atoms with E-state index in [0.717, 1.165) is 0 Å². The van der Waals surface area contributed by atoms with E-state index >= 15 is 0 Å². The lowest BCUT2D eigenvalue weighted by atomic mass is 10.0. The molecule has 1 rings (SSSR count). The summed E-state index contributed by atoms with van der Waals surface area (Å²) in [7, 11) is -3.45. The van der Waals surface area contributed by atoms with Gasteiger partial charge in [-0.1, -0.05) is 36.2 Å². The second-order valence-corrected chi connectivity index (χ2v) is 7.22. The Labute approximate surface area is 117 Å². The molecule has 0 bridgehead atoms. The fraction of sp³-hybridized carbons (Fsp3) is 0.455. The van der Waals surface area contributed by atoms with Crippen molar-refractivity contribution in [2.24, 2.45) is 5.73 Å². The first-order chi connectivity index (χ1) is 8.33. The molecule has 0 aliphatic carbocycles. The average Bonchev–Trinajstić information content (AvgIpc) is 2.29. The number of aliphatic hydroxyl groups is 1. The molecule has 18 heavy (non-hydrogen) atoms. The molecule has 3 N–H and O–H groups in total. The summed E-state index contributed by atoms with van der Waals surface area (Å²) in [6.45, 7) is 0.963. The SMILES string of the molecule is CCS(=O)(=O)C(CO)C(N)c1ccc(Cl)cc1Cl. The zero-order valence-electron chi connectivity index (χ0n) is 9.81. The monoisotopic (exact) mass is 311 g/mol. The molecular weight excluding hydrogens is 297 g/mol. The van der Waals surface area contributed by atoms with Crippen molar-refractivity contribution in [3.05, 3.63) is 33.8 Å². The number of nitrogens with two attached hydrogens (primary N) is 1. The third-order valence-electron chi connectivity index (χ3n) is 2.77. The Balaban J connectivity index is 3.15. The van der Waals surface area contributed by atoms with Crippen molar-refractivity contribution in [3.8, 4) is 0 Å². The van der Waals surface area contributed by atoms with E-state index in [9.17, 15) is 13.5 Å². The summed E-state index contributed by atoms with van der Waals surface area (Å²) in [6.07, 6.45) is 0. The van der Waals surface area contributed by atoms with Crippen molar-refractivity contribution < 1.29 is 13.5 Å². The number of sulfone groups is 1. The van der Waals surface area contributed by atoms with Crippen LogP contribution < -0.4 is 5.73 Å². The molecule has 1 aromatic carbocycles. The van der Waals surface area contributed by atoms with Crippen LogP contribution in [0.4, 0.5) is 0 Å². The van der Waals surface area contributed by atoms with Gasteiger partial charge in [0.15, 0.2) is 9.84 Å². The van der Waals surface area contributed by atoms with Crippen molar-refractivity contribution in [1.29, 1.82) is 0 Å². The molecule has 0 spiro atoms. The summed E-state index contributed by atoms with van der Waals surface area (Å²) in [5, 5.41) is 8.90. The Morgan fingerprint density at radius 1 is 1.39 bits per heavy atom. The highest BCUT2D eigenvalue weighted by Gasteiger charge is 2.31. The highest BCUT2D eigenvalue weighted by molar-refractivity contribution is 7.92. The Morgan fingerprint density at radius 3 is 2.44 bits per heavy atom. The Bertz CT molecular complexity index is 519.